The number of fused-ring (bicyclic) bond motifs is 1. The molecule has 28 heavy (non-hydrogen) atoms. The van der Waals surface area contributed by atoms with Crippen LogP contribution in [0.1, 0.15) is 5.82 Å². The minimum Gasteiger partial charge on any atom is -0.468 e. The molecular formula is C19H15N7O2. The minimum atomic E-state index is 0.176. The van der Waals surface area contributed by atoms with Gasteiger partial charge in [-0.2, -0.15) is 9.61 Å². The molecule has 5 aromatic rings. The van der Waals surface area contributed by atoms with E-state index in [4.69, 9.17) is 9.15 Å². The van der Waals surface area contributed by atoms with Gasteiger partial charge >= 0.3 is 0 Å². The van der Waals surface area contributed by atoms with Gasteiger partial charge in [0.25, 0.3) is 0 Å². The molecule has 0 bridgehead atoms. The molecule has 0 N–H and O–H groups in total. The van der Waals surface area contributed by atoms with Crippen molar-refractivity contribution in [2.75, 3.05) is 0 Å². The molecule has 9 heteroatoms. The number of benzene rings is 1. The number of hydrogen-bond donors (Lipinski definition) is 0. The van der Waals surface area contributed by atoms with Gasteiger partial charge in [-0.3, -0.25) is 4.68 Å². The molecule has 0 atom stereocenters. The quantitative estimate of drug-likeness (QED) is 0.467. The number of rotatable bonds is 5. The Hall–Kier alpha value is -4.01. The molecule has 138 valence electrons. The Kier molecular flexibility index (Phi) is 3.82. The lowest BCUT2D eigenvalue weighted by Gasteiger charge is -2.09. The van der Waals surface area contributed by atoms with E-state index >= 15 is 0 Å². The third kappa shape index (κ3) is 2.88. The molecule has 0 radical (unpaired) electrons. The molecule has 0 amide bonds. The summed E-state index contributed by atoms with van der Waals surface area (Å²) < 4.78 is 14.8. The van der Waals surface area contributed by atoms with E-state index in [0.717, 1.165) is 5.56 Å². The average Bonchev–Trinajstić information content (AvgIpc) is 3.47. The summed E-state index contributed by atoms with van der Waals surface area (Å²) in [5.74, 6) is 2.19. The van der Waals surface area contributed by atoms with E-state index in [1.165, 1.54) is 0 Å². The van der Waals surface area contributed by atoms with Gasteiger partial charge in [-0.05, 0) is 12.1 Å². The van der Waals surface area contributed by atoms with E-state index < -0.39 is 0 Å². The SMILES string of the molecule is Cn1cnc(COc2nn3c(-c4ccccc4)nnc3cc2-c2ccco2)n1. The predicted octanol–water partition coefficient (Wildman–Crippen LogP) is 2.76. The molecule has 0 unspecified atom stereocenters. The van der Waals surface area contributed by atoms with Gasteiger partial charge in [0, 0.05) is 18.7 Å². The highest BCUT2D eigenvalue weighted by molar-refractivity contribution is 5.69. The van der Waals surface area contributed by atoms with Gasteiger partial charge in [0.2, 0.25) is 5.88 Å². The number of nitrogens with zero attached hydrogens (tertiary/aromatic N) is 7. The second-order valence-electron chi connectivity index (χ2n) is 6.12. The van der Waals surface area contributed by atoms with Gasteiger partial charge in [-0.25, -0.2) is 4.98 Å². The lowest BCUT2D eigenvalue weighted by Crippen LogP contribution is -2.05. The summed E-state index contributed by atoms with van der Waals surface area (Å²) in [6.45, 7) is 0.176. The maximum atomic E-state index is 5.94. The first-order chi connectivity index (χ1) is 13.8. The van der Waals surface area contributed by atoms with Crippen LogP contribution in [-0.4, -0.2) is 34.6 Å². The van der Waals surface area contributed by atoms with Crippen molar-refractivity contribution < 1.29 is 9.15 Å². The van der Waals surface area contributed by atoms with E-state index in [0.29, 0.717) is 34.5 Å². The van der Waals surface area contributed by atoms with Crippen molar-refractivity contribution in [3.8, 4) is 28.6 Å². The Labute approximate surface area is 159 Å². The van der Waals surface area contributed by atoms with Crippen LogP contribution in [0, 0.1) is 0 Å². The van der Waals surface area contributed by atoms with Gasteiger partial charge in [0.15, 0.2) is 23.9 Å². The van der Waals surface area contributed by atoms with Gasteiger partial charge < -0.3 is 9.15 Å². The van der Waals surface area contributed by atoms with E-state index in [1.54, 1.807) is 28.8 Å². The highest BCUT2D eigenvalue weighted by atomic mass is 16.5. The average molecular weight is 373 g/mol. The van der Waals surface area contributed by atoms with Crippen LogP contribution in [0.5, 0.6) is 5.88 Å². The number of furan rings is 1. The molecule has 0 fully saturated rings. The Bertz CT molecular complexity index is 1230. The van der Waals surface area contributed by atoms with Crippen molar-refractivity contribution in [2.45, 2.75) is 6.61 Å². The Balaban J connectivity index is 1.61. The van der Waals surface area contributed by atoms with Gasteiger partial charge in [0.1, 0.15) is 12.1 Å². The fourth-order valence-electron chi connectivity index (χ4n) is 2.88. The van der Waals surface area contributed by atoms with Crippen LogP contribution in [-0.2, 0) is 13.7 Å². The predicted molar refractivity (Wildman–Crippen MR) is 99.3 cm³/mol. The first kappa shape index (κ1) is 16.2. The van der Waals surface area contributed by atoms with Gasteiger partial charge in [0.05, 0.1) is 11.8 Å². The minimum absolute atomic E-state index is 0.176. The van der Waals surface area contributed by atoms with Crippen LogP contribution in [0.15, 0.2) is 65.5 Å². The lowest BCUT2D eigenvalue weighted by molar-refractivity contribution is 0.280. The zero-order chi connectivity index (χ0) is 18.9. The van der Waals surface area contributed by atoms with E-state index in [-0.39, 0.29) is 6.61 Å². The van der Waals surface area contributed by atoms with Crippen LogP contribution in [0.2, 0.25) is 0 Å². The maximum Gasteiger partial charge on any atom is 0.243 e. The van der Waals surface area contributed by atoms with Gasteiger partial charge in [-0.1, -0.05) is 30.3 Å². The van der Waals surface area contributed by atoms with E-state index in [9.17, 15) is 0 Å². The summed E-state index contributed by atoms with van der Waals surface area (Å²) in [7, 11) is 1.80. The van der Waals surface area contributed by atoms with Crippen LogP contribution < -0.4 is 4.74 Å². The molecule has 0 saturated carbocycles. The van der Waals surface area contributed by atoms with Crippen LogP contribution in [0.25, 0.3) is 28.4 Å². The third-order valence-corrected chi connectivity index (χ3v) is 4.16. The monoisotopic (exact) mass is 373 g/mol. The summed E-state index contributed by atoms with van der Waals surface area (Å²) in [6.07, 6.45) is 3.22. The van der Waals surface area contributed by atoms with E-state index in [1.807, 2.05) is 48.5 Å². The third-order valence-electron chi connectivity index (χ3n) is 4.16. The Morgan fingerprint density at radius 3 is 2.68 bits per heavy atom. The topological polar surface area (TPSA) is 96.2 Å². The molecule has 5 rings (SSSR count). The molecule has 4 heterocycles. The zero-order valence-electron chi connectivity index (χ0n) is 14.9. The molecule has 0 saturated heterocycles. The van der Waals surface area contributed by atoms with Crippen molar-refractivity contribution in [1.29, 1.82) is 0 Å². The second kappa shape index (κ2) is 6.62. The summed E-state index contributed by atoms with van der Waals surface area (Å²) in [5.41, 5.74) is 2.18. The highest BCUT2D eigenvalue weighted by Gasteiger charge is 2.18. The summed E-state index contributed by atoms with van der Waals surface area (Å²) in [6, 6.07) is 15.2. The highest BCUT2D eigenvalue weighted by Crippen LogP contribution is 2.31. The fourth-order valence-corrected chi connectivity index (χ4v) is 2.88. The maximum absolute atomic E-state index is 5.94. The van der Waals surface area contributed by atoms with Crippen molar-refractivity contribution >= 4 is 5.65 Å². The van der Waals surface area contributed by atoms with Crippen molar-refractivity contribution in [3.05, 3.63) is 66.9 Å². The second-order valence-corrected chi connectivity index (χ2v) is 6.12. The number of hydrogen-bond acceptors (Lipinski definition) is 7. The summed E-state index contributed by atoms with van der Waals surface area (Å²) >= 11 is 0. The fraction of sp³-hybridized carbons (Fsp3) is 0.105. The van der Waals surface area contributed by atoms with Crippen molar-refractivity contribution in [2.24, 2.45) is 7.05 Å². The number of aromatic nitrogens is 7. The van der Waals surface area contributed by atoms with Gasteiger partial charge in [-0.15, -0.1) is 15.3 Å². The smallest absolute Gasteiger partial charge is 0.243 e. The van der Waals surface area contributed by atoms with E-state index in [2.05, 4.69) is 25.4 Å². The molecule has 0 aliphatic heterocycles. The molecule has 1 aromatic carbocycles. The lowest BCUT2D eigenvalue weighted by atomic mass is 10.2. The van der Waals surface area contributed by atoms with Crippen LogP contribution >= 0.6 is 0 Å². The number of ether oxygens (including phenoxy) is 1. The standard InChI is InChI=1S/C19H15N7O2/c1-25-12-20-16(23-25)11-28-19-14(15-8-5-9-27-15)10-17-21-22-18(26(17)24-19)13-6-3-2-4-7-13/h2-10,12H,11H2,1H3. The molecule has 9 nitrogen and oxygen atoms in total. The Morgan fingerprint density at radius 1 is 1.04 bits per heavy atom. The van der Waals surface area contributed by atoms with Crippen molar-refractivity contribution in [1.82, 2.24) is 34.6 Å². The molecule has 0 spiro atoms. The molecule has 0 aliphatic carbocycles. The Morgan fingerprint density at radius 2 is 1.93 bits per heavy atom. The first-order valence-electron chi connectivity index (χ1n) is 8.61. The molecule has 0 aliphatic rings. The van der Waals surface area contributed by atoms with Crippen molar-refractivity contribution in [3.63, 3.8) is 0 Å². The molecule has 4 aromatic heterocycles. The largest absolute Gasteiger partial charge is 0.468 e. The number of aryl methyl sites for hydroxylation is 1. The normalized spacial score (nSPS) is 11.2. The first-order valence-corrected chi connectivity index (χ1v) is 8.61. The summed E-state index contributed by atoms with van der Waals surface area (Å²) in [5, 5.41) is 17.4. The summed E-state index contributed by atoms with van der Waals surface area (Å²) in [4.78, 5) is 4.18. The van der Waals surface area contributed by atoms with Crippen LogP contribution in [0.3, 0.4) is 0 Å². The van der Waals surface area contributed by atoms with Crippen LogP contribution in [0.4, 0.5) is 0 Å². The zero-order valence-corrected chi connectivity index (χ0v) is 14.9. The molecular weight excluding hydrogens is 358 g/mol.